The molecule has 2 N–H and O–H groups in total. The summed E-state index contributed by atoms with van der Waals surface area (Å²) in [5, 5.41) is 9.03. The molecule has 0 aromatic heterocycles. The van der Waals surface area contributed by atoms with Crippen LogP contribution in [0.5, 0.6) is 0 Å². The minimum atomic E-state index is -4.35. The first-order chi connectivity index (χ1) is 17.5. The van der Waals surface area contributed by atoms with Crippen LogP contribution in [0, 0.1) is 11.3 Å². The van der Waals surface area contributed by atoms with E-state index in [-0.39, 0.29) is 24.7 Å². The van der Waals surface area contributed by atoms with Crippen LogP contribution < -0.4 is 0 Å². The van der Waals surface area contributed by atoms with E-state index in [1.165, 1.54) is 0 Å². The van der Waals surface area contributed by atoms with Crippen LogP contribution in [-0.4, -0.2) is 95.7 Å². The SMILES string of the molecule is CC(C)(C)OC(=O)C1(CS(=O)(=O)O)C=CC=C[C@@H]1CN1CCCC1.CC(C)(C)OC(=O)N1CCC[C@H]1CO. The zero-order valence-electron chi connectivity index (χ0n) is 23.7. The number of ether oxygens (including phenoxy) is 2. The summed E-state index contributed by atoms with van der Waals surface area (Å²) >= 11 is 0. The van der Waals surface area contributed by atoms with E-state index in [9.17, 15) is 22.6 Å². The fourth-order valence-corrected chi connectivity index (χ4v) is 5.91. The van der Waals surface area contributed by atoms with Gasteiger partial charge in [-0.1, -0.05) is 24.3 Å². The highest BCUT2D eigenvalue weighted by molar-refractivity contribution is 7.85. The largest absolute Gasteiger partial charge is 0.459 e. The number of carbonyl (C=O) groups is 2. The topological polar surface area (TPSA) is 134 Å². The number of aliphatic hydroxyl groups is 1. The second-order valence-electron chi connectivity index (χ2n) is 12.3. The third-order valence-corrected chi connectivity index (χ3v) is 7.42. The van der Waals surface area contributed by atoms with Crippen molar-refractivity contribution in [2.24, 2.45) is 11.3 Å². The third-order valence-electron chi connectivity index (χ3n) is 6.58. The lowest BCUT2D eigenvalue weighted by Gasteiger charge is -2.39. The van der Waals surface area contributed by atoms with Gasteiger partial charge in [0.25, 0.3) is 10.1 Å². The average Bonchev–Trinajstić information content (AvgIpc) is 3.44. The van der Waals surface area contributed by atoms with Crippen LogP contribution in [-0.2, 0) is 24.4 Å². The third kappa shape index (κ3) is 9.98. The Morgan fingerprint density at radius 3 is 2.11 bits per heavy atom. The van der Waals surface area contributed by atoms with Gasteiger partial charge in [-0.3, -0.25) is 9.35 Å². The van der Waals surface area contributed by atoms with Crippen LogP contribution in [0.25, 0.3) is 0 Å². The highest BCUT2D eigenvalue weighted by atomic mass is 32.2. The standard InChI is InChI=1S/C17H27NO5S.C10H19NO3/c1-16(2,3)23-15(19)17(13-24(20,21)22)9-5-4-8-14(17)12-18-10-6-7-11-18;1-10(2,3)14-9(13)11-6-4-5-8(11)7-12/h4-5,8-9,14H,6-7,10-13H2,1-3H3,(H,20,21,22);8,12H,4-7H2,1-3H3/t14-,17?;8-/m10/s1. The number of nitrogens with zero attached hydrogens (tertiary/aromatic N) is 2. The molecule has 38 heavy (non-hydrogen) atoms. The number of hydrogen-bond donors (Lipinski definition) is 2. The normalized spacial score (nSPS) is 26.2. The Kier molecular flexibility index (Phi) is 11.0. The first-order valence-electron chi connectivity index (χ1n) is 13.3. The van der Waals surface area contributed by atoms with Crippen LogP contribution >= 0.6 is 0 Å². The molecule has 0 aromatic carbocycles. The van der Waals surface area contributed by atoms with Crippen LogP contribution in [0.1, 0.15) is 67.2 Å². The number of amides is 1. The Morgan fingerprint density at radius 1 is 0.974 bits per heavy atom. The number of allylic oxidation sites excluding steroid dienone is 2. The molecule has 3 aliphatic rings. The maximum absolute atomic E-state index is 12.9. The van der Waals surface area contributed by atoms with Gasteiger partial charge in [0.2, 0.25) is 0 Å². The molecule has 0 saturated carbocycles. The molecule has 2 fully saturated rings. The van der Waals surface area contributed by atoms with Crippen molar-refractivity contribution in [3.05, 3.63) is 24.3 Å². The molecule has 0 aromatic rings. The van der Waals surface area contributed by atoms with Crippen LogP contribution in [0.4, 0.5) is 4.79 Å². The molecule has 1 unspecified atom stereocenters. The van der Waals surface area contributed by atoms with Crippen LogP contribution in [0.15, 0.2) is 24.3 Å². The summed E-state index contributed by atoms with van der Waals surface area (Å²) in [6.07, 6.45) is 10.6. The highest BCUT2D eigenvalue weighted by Gasteiger charge is 2.49. The van der Waals surface area contributed by atoms with Crippen molar-refractivity contribution < 1.29 is 37.1 Å². The molecule has 3 rings (SSSR count). The van der Waals surface area contributed by atoms with Gasteiger partial charge >= 0.3 is 12.1 Å². The van der Waals surface area contributed by atoms with E-state index < -0.39 is 38.5 Å². The molecule has 2 aliphatic heterocycles. The maximum Gasteiger partial charge on any atom is 0.410 e. The van der Waals surface area contributed by atoms with Crippen molar-refractivity contribution in [2.45, 2.75) is 84.5 Å². The summed E-state index contributed by atoms with van der Waals surface area (Å²) in [4.78, 5) is 28.4. The monoisotopic (exact) mass is 558 g/mol. The summed E-state index contributed by atoms with van der Waals surface area (Å²) in [6.45, 7) is 13.9. The van der Waals surface area contributed by atoms with Crippen molar-refractivity contribution in [1.82, 2.24) is 9.80 Å². The fourth-order valence-electron chi connectivity index (χ4n) is 4.88. The zero-order valence-corrected chi connectivity index (χ0v) is 24.5. The molecule has 1 aliphatic carbocycles. The van der Waals surface area contributed by atoms with Gasteiger partial charge in [0.15, 0.2) is 0 Å². The van der Waals surface area contributed by atoms with E-state index in [1.54, 1.807) is 37.8 Å². The zero-order chi connectivity index (χ0) is 28.8. The van der Waals surface area contributed by atoms with E-state index >= 15 is 0 Å². The lowest BCUT2D eigenvalue weighted by Crippen LogP contribution is -2.49. The van der Waals surface area contributed by atoms with E-state index in [0.717, 1.165) is 38.8 Å². The second-order valence-corrected chi connectivity index (χ2v) is 13.7. The molecule has 11 heteroatoms. The first-order valence-corrected chi connectivity index (χ1v) is 14.9. The minimum Gasteiger partial charge on any atom is -0.459 e. The molecule has 0 bridgehead atoms. The molecular weight excluding hydrogens is 512 g/mol. The number of esters is 1. The number of likely N-dealkylation sites (tertiary alicyclic amines) is 2. The molecule has 0 radical (unpaired) electrons. The quantitative estimate of drug-likeness (QED) is 0.371. The smallest absolute Gasteiger partial charge is 0.410 e. The van der Waals surface area contributed by atoms with Gasteiger partial charge < -0.3 is 24.4 Å². The van der Waals surface area contributed by atoms with Crippen LogP contribution in [0.3, 0.4) is 0 Å². The summed E-state index contributed by atoms with van der Waals surface area (Å²) < 4.78 is 43.5. The number of rotatable bonds is 6. The average molecular weight is 559 g/mol. The Bertz CT molecular complexity index is 974. The summed E-state index contributed by atoms with van der Waals surface area (Å²) in [5.41, 5.74) is -2.60. The highest BCUT2D eigenvalue weighted by Crippen LogP contribution is 2.39. The van der Waals surface area contributed by atoms with Gasteiger partial charge in [0, 0.05) is 19.0 Å². The Labute approximate surface area is 227 Å². The first kappa shape index (κ1) is 32.3. The Balaban J connectivity index is 0.000000308. The number of aliphatic hydroxyl groups excluding tert-OH is 1. The van der Waals surface area contributed by atoms with E-state index in [0.29, 0.717) is 13.1 Å². The van der Waals surface area contributed by atoms with Crippen molar-refractivity contribution in [3.63, 3.8) is 0 Å². The van der Waals surface area contributed by atoms with Crippen molar-refractivity contribution >= 4 is 22.2 Å². The van der Waals surface area contributed by atoms with Crippen molar-refractivity contribution in [2.75, 3.05) is 38.5 Å². The van der Waals surface area contributed by atoms with Gasteiger partial charge in [-0.15, -0.1) is 0 Å². The molecular formula is C27H46N2O8S. The lowest BCUT2D eigenvalue weighted by atomic mass is 9.73. The molecule has 10 nitrogen and oxygen atoms in total. The minimum absolute atomic E-state index is 0.0270. The second kappa shape index (κ2) is 12.9. The van der Waals surface area contributed by atoms with Crippen molar-refractivity contribution in [3.8, 4) is 0 Å². The Morgan fingerprint density at radius 2 is 1.58 bits per heavy atom. The molecule has 2 saturated heterocycles. The summed E-state index contributed by atoms with van der Waals surface area (Å²) in [5.74, 6) is -1.65. The van der Waals surface area contributed by atoms with E-state index in [4.69, 9.17) is 14.6 Å². The summed E-state index contributed by atoms with van der Waals surface area (Å²) in [6, 6.07) is -0.0511. The molecule has 1 amide bonds. The summed E-state index contributed by atoms with van der Waals surface area (Å²) in [7, 11) is -4.35. The Hall–Kier alpha value is -1.95. The van der Waals surface area contributed by atoms with Gasteiger partial charge in [0.05, 0.1) is 18.4 Å². The van der Waals surface area contributed by atoms with E-state index in [2.05, 4.69) is 4.90 Å². The predicted octanol–water partition coefficient (Wildman–Crippen LogP) is 3.42. The number of carbonyl (C=O) groups excluding carboxylic acids is 2. The molecule has 218 valence electrons. The number of hydrogen-bond acceptors (Lipinski definition) is 8. The van der Waals surface area contributed by atoms with Crippen molar-refractivity contribution in [1.29, 1.82) is 0 Å². The van der Waals surface area contributed by atoms with Gasteiger partial charge in [-0.2, -0.15) is 8.42 Å². The van der Waals surface area contributed by atoms with Gasteiger partial charge in [-0.05, 0) is 80.3 Å². The maximum atomic E-state index is 12.9. The fraction of sp³-hybridized carbons (Fsp3) is 0.778. The molecule has 3 atom stereocenters. The lowest BCUT2D eigenvalue weighted by molar-refractivity contribution is -0.165. The van der Waals surface area contributed by atoms with Crippen LogP contribution in [0.2, 0.25) is 0 Å². The van der Waals surface area contributed by atoms with Gasteiger partial charge in [0.1, 0.15) is 16.6 Å². The molecule has 2 heterocycles. The van der Waals surface area contributed by atoms with E-state index in [1.807, 2.05) is 32.9 Å². The predicted molar refractivity (Wildman–Crippen MR) is 145 cm³/mol. The molecule has 0 spiro atoms. The van der Waals surface area contributed by atoms with Gasteiger partial charge in [-0.25, -0.2) is 4.79 Å².